The Morgan fingerprint density at radius 2 is 2.56 bits per heavy atom. The second-order valence-electron chi connectivity index (χ2n) is 1.57. The molecule has 1 aromatic heterocycles. The van der Waals surface area contributed by atoms with Gasteiger partial charge in [0, 0.05) is 6.20 Å². The summed E-state index contributed by atoms with van der Waals surface area (Å²) in [6.07, 6.45) is 1.79. The van der Waals surface area contributed by atoms with E-state index in [0.29, 0.717) is 0 Å². The summed E-state index contributed by atoms with van der Waals surface area (Å²) in [5.74, 6) is 0.822. The Labute approximate surface area is 58.3 Å². The molecule has 0 aliphatic heterocycles. The van der Waals surface area contributed by atoms with E-state index in [4.69, 9.17) is 5.73 Å². The molecular weight excluding hydrogens is 134 g/mol. The Morgan fingerprint density at radius 1 is 1.78 bits per heavy atom. The molecule has 0 saturated carbocycles. The van der Waals surface area contributed by atoms with Gasteiger partial charge in [0.25, 0.3) is 0 Å². The third kappa shape index (κ3) is 1.73. The molecule has 0 amide bonds. The first-order valence-electron chi connectivity index (χ1n) is 2.49. The van der Waals surface area contributed by atoms with Gasteiger partial charge >= 0.3 is 0 Å². The quantitative estimate of drug-likeness (QED) is 0.504. The van der Waals surface area contributed by atoms with Crippen LogP contribution in [-0.2, 0) is 0 Å². The molecule has 4 N–H and O–H groups in total. The van der Waals surface area contributed by atoms with E-state index < -0.39 is 0 Å². The Hall–Kier alpha value is -1.03. The van der Waals surface area contributed by atoms with Crippen LogP contribution in [0.15, 0.2) is 18.3 Å². The van der Waals surface area contributed by atoms with Crippen molar-refractivity contribution in [3.05, 3.63) is 18.3 Å². The molecule has 4 heteroatoms. The van der Waals surface area contributed by atoms with Crippen molar-refractivity contribution in [2.75, 3.05) is 5.32 Å². The van der Waals surface area contributed by atoms with Crippen molar-refractivity contribution in [3.63, 3.8) is 0 Å². The van der Waals surface area contributed by atoms with E-state index in [-0.39, 0.29) is 5.11 Å². The summed E-state index contributed by atoms with van der Waals surface area (Å²) < 4.78 is 0. The molecule has 1 aromatic rings. The van der Waals surface area contributed by atoms with Crippen LogP contribution in [-0.4, -0.2) is 10.1 Å². The molecule has 1 heterocycles. The van der Waals surface area contributed by atoms with Gasteiger partial charge in [-0.05, 0) is 24.4 Å². The average molecular weight is 141 g/mol. The monoisotopic (exact) mass is 141 g/mol. The van der Waals surface area contributed by atoms with Crippen LogP contribution < -0.4 is 11.1 Å². The van der Waals surface area contributed by atoms with Gasteiger partial charge in [0.05, 0.1) is 0 Å². The smallest absolute Gasteiger partial charge is 0.169 e. The van der Waals surface area contributed by atoms with Gasteiger partial charge in [0.15, 0.2) is 5.11 Å². The number of anilines is 1. The van der Waals surface area contributed by atoms with Crippen LogP contribution in [0.4, 0.5) is 5.82 Å². The Morgan fingerprint density at radius 3 is 3.00 bits per heavy atom. The molecule has 3 nitrogen and oxygen atoms in total. The van der Waals surface area contributed by atoms with Crippen molar-refractivity contribution in [2.24, 2.45) is 5.73 Å². The zero-order valence-corrected chi connectivity index (χ0v) is 5.53. The molecule has 0 bridgehead atoms. The summed E-state index contributed by atoms with van der Waals surface area (Å²) >= 11 is 4.59. The van der Waals surface area contributed by atoms with Gasteiger partial charge in [-0.15, -0.1) is 0 Å². The molecule has 0 aromatic carbocycles. The van der Waals surface area contributed by atoms with Crippen molar-refractivity contribution in [1.82, 2.24) is 4.98 Å². The van der Waals surface area contributed by atoms with Gasteiger partial charge < -0.3 is 16.0 Å². The van der Waals surface area contributed by atoms with E-state index >= 15 is 0 Å². The Kier molecular flexibility index (Phi) is 1.69. The number of H-pyrrole nitrogens is 1. The third-order valence-electron chi connectivity index (χ3n) is 0.856. The lowest BCUT2D eigenvalue weighted by Crippen LogP contribution is -2.18. The maximum Gasteiger partial charge on any atom is 0.169 e. The molecular formula is C5H7N3S. The van der Waals surface area contributed by atoms with Crippen LogP contribution in [0.5, 0.6) is 0 Å². The fourth-order valence-electron chi connectivity index (χ4n) is 0.541. The van der Waals surface area contributed by atoms with E-state index in [1.165, 1.54) is 0 Å². The van der Waals surface area contributed by atoms with Crippen LogP contribution >= 0.6 is 12.2 Å². The van der Waals surface area contributed by atoms with Crippen LogP contribution in [0, 0.1) is 0 Å². The maximum atomic E-state index is 5.18. The Bertz CT molecular complexity index is 192. The van der Waals surface area contributed by atoms with E-state index in [0.717, 1.165) is 5.82 Å². The SMILES string of the molecule is NC(=S)Nc1ccc[nH]1. The van der Waals surface area contributed by atoms with Crippen molar-refractivity contribution in [3.8, 4) is 0 Å². The second-order valence-corrected chi connectivity index (χ2v) is 2.01. The molecule has 0 atom stereocenters. The third-order valence-corrected chi connectivity index (χ3v) is 0.958. The summed E-state index contributed by atoms with van der Waals surface area (Å²) in [6.45, 7) is 0. The fourth-order valence-corrected chi connectivity index (χ4v) is 0.651. The number of hydrogen-bond acceptors (Lipinski definition) is 1. The number of nitrogens with one attached hydrogen (secondary N) is 2. The molecule has 0 fully saturated rings. The molecule has 0 radical (unpaired) electrons. The number of aromatic nitrogens is 1. The molecule has 0 aliphatic carbocycles. The van der Waals surface area contributed by atoms with E-state index in [9.17, 15) is 0 Å². The van der Waals surface area contributed by atoms with E-state index in [1.54, 1.807) is 6.20 Å². The number of thiocarbonyl (C=S) groups is 1. The van der Waals surface area contributed by atoms with Gasteiger partial charge in [-0.25, -0.2) is 0 Å². The second kappa shape index (κ2) is 2.50. The normalized spacial score (nSPS) is 8.89. The highest BCUT2D eigenvalue weighted by atomic mass is 32.1. The number of hydrogen-bond donors (Lipinski definition) is 3. The standard InChI is InChI=1S/C5H7N3S/c6-5(9)8-4-2-1-3-7-4/h1-3,7H,(H3,6,8,9). The largest absolute Gasteiger partial charge is 0.376 e. The lowest BCUT2D eigenvalue weighted by Gasteiger charge is -1.96. The van der Waals surface area contributed by atoms with Gasteiger partial charge in [0.2, 0.25) is 0 Å². The number of nitrogens with two attached hydrogens (primary N) is 1. The number of rotatable bonds is 1. The van der Waals surface area contributed by atoms with Crippen molar-refractivity contribution < 1.29 is 0 Å². The predicted molar refractivity (Wildman–Crippen MR) is 41.2 cm³/mol. The van der Waals surface area contributed by atoms with Crippen LogP contribution in [0.1, 0.15) is 0 Å². The summed E-state index contributed by atoms with van der Waals surface area (Å²) in [5.41, 5.74) is 5.18. The van der Waals surface area contributed by atoms with Gasteiger partial charge in [-0.1, -0.05) is 0 Å². The van der Waals surface area contributed by atoms with Gasteiger partial charge in [-0.3, -0.25) is 0 Å². The van der Waals surface area contributed by atoms with Crippen LogP contribution in [0.2, 0.25) is 0 Å². The summed E-state index contributed by atoms with van der Waals surface area (Å²) in [7, 11) is 0. The lowest BCUT2D eigenvalue weighted by molar-refractivity contribution is 1.39. The number of aromatic amines is 1. The molecule has 0 saturated heterocycles. The van der Waals surface area contributed by atoms with E-state index in [1.807, 2.05) is 12.1 Å². The first kappa shape index (κ1) is 6.10. The molecule has 0 spiro atoms. The topological polar surface area (TPSA) is 53.8 Å². The lowest BCUT2D eigenvalue weighted by atomic mass is 10.6. The molecule has 1 rings (SSSR count). The highest BCUT2D eigenvalue weighted by molar-refractivity contribution is 7.80. The summed E-state index contributed by atoms with van der Waals surface area (Å²) in [4.78, 5) is 2.89. The van der Waals surface area contributed by atoms with Crippen molar-refractivity contribution >= 4 is 23.1 Å². The molecule has 9 heavy (non-hydrogen) atoms. The van der Waals surface area contributed by atoms with Crippen LogP contribution in [0.3, 0.4) is 0 Å². The van der Waals surface area contributed by atoms with Crippen LogP contribution in [0.25, 0.3) is 0 Å². The minimum absolute atomic E-state index is 0.275. The zero-order valence-electron chi connectivity index (χ0n) is 4.72. The highest BCUT2D eigenvalue weighted by Gasteiger charge is 1.88. The zero-order chi connectivity index (χ0) is 6.69. The predicted octanol–water partition coefficient (Wildman–Crippen LogP) is 0.670. The van der Waals surface area contributed by atoms with Gasteiger partial charge in [0.1, 0.15) is 5.82 Å². The van der Waals surface area contributed by atoms with Gasteiger partial charge in [-0.2, -0.15) is 0 Å². The van der Waals surface area contributed by atoms with Crippen molar-refractivity contribution in [2.45, 2.75) is 0 Å². The first-order valence-corrected chi connectivity index (χ1v) is 2.90. The summed E-state index contributed by atoms with van der Waals surface area (Å²) in [6, 6.07) is 3.71. The maximum absolute atomic E-state index is 5.18. The summed E-state index contributed by atoms with van der Waals surface area (Å²) in [5, 5.41) is 3.01. The fraction of sp³-hybridized carbons (Fsp3) is 0. The Balaban J connectivity index is 2.58. The van der Waals surface area contributed by atoms with E-state index in [2.05, 4.69) is 22.5 Å². The highest BCUT2D eigenvalue weighted by Crippen LogP contribution is 1.98. The molecule has 48 valence electrons. The van der Waals surface area contributed by atoms with Crippen molar-refractivity contribution in [1.29, 1.82) is 0 Å². The minimum Gasteiger partial charge on any atom is -0.376 e. The minimum atomic E-state index is 0.275. The first-order chi connectivity index (χ1) is 4.29. The molecule has 0 unspecified atom stereocenters. The average Bonchev–Trinajstić information content (AvgIpc) is 2.15. The molecule has 0 aliphatic rings.